The van der Waals surface area contributed by atoms with E-state index in [1.807, 2.05) is 23.1 Å². The molecule has 0 unspecified atom stereocenters. The first-order chi connectivity index (χ1) is 9.65. The molecule has 1 aliphatic rings. The number of hydrogen-bond acceptors (Lipinski definition) is 1. The molecular formula is C15H12F2N2S. The number of halogens is 2. The lowest BCUT2D eigenvalue weighted by atomic mass is 10.2. The predicted octanol–water partition coefficient (Wildman–Crippen LogP) is 3.72. The summed E-state index contributed by atoms with van der Waals surface area (Å²) < 4.78 is 26.5. The lowest BCUT2D eigenvalue weighted by Crippen LogP contribution is -2.33. The molecule has 5 heteroatoms. The molecule has 3 rings (SSSR count). The first-order valence-corrected chi connectivity index (χ1v) is 6.67. The maximum Gasteiger partial charge on any atom is 0.178 e. The van der Waals surface area contributed by atoms with Gasteiger partial charge in [0.2, 0.25) is 0 Å². The Morgan fingerprint density at radius 2 is 1.95 bits per heavy atom. The molecule has 1 aliphatic heterocycles. The molecule has 0 atom stereocenters. The highest BCUT2D eigenvalue weighted by atomic mass is 32.1. The summed E-state index contributed by atoms with van der Waals surface area (Å²) in [6.07, 6.45) is 0.907. The van der Waals surface area contributed by atoms with Gasteiger partial charge in [0.15, 0.2) is 5.11 Å². The van der Waals surface area contributed by atoms with Crippen molar-refractivity contribution in [2.45, 2.75) is 6.42 Å². The summed E-state index contributed by atoms with van der Waals surface area (Å²) in [5, 5.41) is 3.25. The molecule has 2 aromatic rings. The lowest BCUT2D eigenvalue weighted by molar-refractivity contribution is 0.586. The second-order valence-electron chi connectivity index (χ2n) is 4.58. The Labute approximate surface area is 121 Å². The SMILES string of the molecule is Fc1ccc(NC(=S)N2CCc3ccccc32)c(F)c1. The number of thiocarbonyl (C=S) groups is 1. The van der Waals surface area contributed by atoms with Gasteiger partial charge in [-0.1, -0.05) is 18.2 Å². The van der Waals surface area contributed by atoms with E-state index in [1.165, 1.54) is 17.7 Å². The third-order valence-electron chi connectivity index (χ3n) is 3.31. The van der Waals surface area contributed by atoms with Gasteiger partial charge in [-0.15, -0.1) is 0 Å². The quantitative estimate of drug-likeness (QED) is 0.806. The van der Waals surface area contributed by atoms with Gasteiger partial charge in [0.1, 0.15) is 11.6 Å². The monoisotopic (exact) mass is 290 g/mol. The Balaban J connectivity index is 1.81. The molecule has 0 saturated heterocycles. The van der Waals surface area contributed by atoms with Crippen molar-refractivity contribution < 1.29 is 8.78 Å². The van der Waals surface area contributed by atoms with E-state index in [0.717, 1.165) is 24.7 Å². The van der Waals surface area contributed by atoms with Gasteiger partial charge in [-0.3, -0.25) is 0 Å². The number of hydrogen-bond donors (Lipinski definition) is 1. The molecule has 0 radical (unpaired) electrons. The smallest absolute Gasteiger partial charge is 0.178 e. The maximum absolute atomic E-state index is 13.6. The Morgan fingerprint density at radius 1 is 1.15 bits per heavy atom. The topological polar surface area (TPSA) is 15.3 Å². The average molecular weight is 290 g/mol. The Hall–Kier alpha value is -2.01. The van der Waals surface area contributed by atoms with Crippen molar-refractivity contribution in [1.82, 2.24) is 0 Å². The number of anilines is 2. The third kappa shape index (κ3) is 2.36. The highest BCUT2D eigenvalue weighted by Gasteiger charge is 2.22. The van der Waals surface area contributed by atoms with Gasteiger partial charge in [-0.05, 0) is 42.4 Å². The molecule has 1 N–H and O–H groups in total. The van der Waals surface area contributed by atoms with Crippen LogP contribution in [0.2, 0.25) is 0 Å². The van der Waals surface area contributed by atoms with Gasteiger partial charge in [-0.25, -0.2) is 8.78 Å². The van der Waals surface area contributed by atoms with Crippen LogP contribution in [-0.4, -0.2) is 11.7 Å². The van der Waals surface area contributed by atoms with Crippen LogP contribution in [0.15, 0.2) is 42.5 Å². The third-order valence-corrected chi connectivity index (χ3v) is 3.63. The van der Waals surface area contributed by atoms with Crippen LogP contribution in [0.3, 0.4) is 0 Å². The molecule has 0 fully saturated rings. The van der Waals surface area contributed by atoms with Gasteiger partial charge in [-0.2, -0.15) is 0 Å². The number of nitrogens with one attached hydrogen (secondary N) is 1. The Kier molecular flexibility index (Phi) is 3.36. The van der Waals surface area contributed by atoms with Crippen LogP contribution in [-0.2, 0) is 6.42 Å². The highest BCUT2D eigenvalue weighted by molar-refractivity contribution is 7.80. The van der Waals surface area contributed by atoms with Crippen molar-refractivity contribution in [3.05, 3.63) is 59.7 Å². The number of fused-ring (bicyclic) bond motifs is 1. The first kappa shape index (κ1) is 13.0. The van der Waals surface area contributed by atoms with Gasteiger partial charge in [0, 0.05) is 18.3 Å². The van der Waals surface area contributed by atoms with E-state index < -0.39 is 11.6 Å². The molecular weight excluding hydrogens is 278 g/mol. The van der Waals surface area contributed by atoms with Gasteiger partial charge in [0.25, 0.3) is 0 Å². The van der Waals surface area contributed by atoms with Crippen molar-refractivity contribution in [1.29, 1.82) is 0 Å². The van der Waals surface area contributed by atoms with Crippen LogP contribution >= 0.6 is 12.2 Å². The van der Waals surface area contributed by atoms with Crippen LogP contribution < -0.4 is 10.2 Å². The van der Waals surface area contributed by atoms with Crippen molar-refractivity contribution in [2.24, 2.45) is 0 Å². The van der Waals surface area contributed by atoms with Gasteiger partial charge >= 0.3 is 0 Å². The molecule has 0 spiro atoms. The van der Waals surface area contributed by atoms with Crippen molar-refractivity contribution in [2.75, 3.05) is 16.8 Å². The number of para-hydroxylation sites is 1. The maximum atomic E-state index is 13.6. The van der Waals surface area contributed by atoms with Crippen LogP contribution in [0.4, 0.5) is 20.2 Å². The van der Waals surface area contributed by atoms with Crippen LogP contribution in [0, 0.1) is 11.6 Å². The van der Waals surface area contributed by atoms with E-state index in [1.54, 1.807) is 0 Å². The zero-order valence-electron chi connectivity index (χ0n) is 10.6. The Bertz CT molecular complexity index is 673. The molecule has 20 heavy (non-hydrogen) atoms. The largest absolute Gasteiger partial charge is 0.330 e. The molecule has 102 valence electrons. The number of nitrogens with zero attached hydrogens (tertiary/aromatic N) is 1. The summed E-state index contributed by atoms with van der Waals surface area (Å²) in [6, 6.07) is 11.3. The second-order valence-corrected chi connectivity index (χ2v) is 4.97. The summed E-state index contributed by atoms with van der Waals surface area (Å²) in [5.41, 5.74) is 2.43. The number of rotatable bonds is 1. The van der Waals surface area contributed by atoms with E-state index in [-0.39, 0.29) is 5.69 Å². The van der Waals surface area contributed by atoms with E-state index in [0.29, 0.717) is 5.11 Å². The van der Waals surface area contributed by atoms with Crippen LogP contribution in [0.5, 0.6) is 0 Å². The fourth-order valence-corrected chi connectivity index (χ4v) is 2.62. The van der Waals surface area contributed by atoms with E-state index >= 15 is 0 Å². The molecule has 2 aromatic carbocycles. The molecule has 0 aliphatic carbocycles. The lowest BCUT2D eigenvalue weighted by Gasteiger charge is -2.21. The fourth-order valence-electron chi connectivity index (χ4n) is 2.32. The van der Waals surface area contributed by atoms with Crippen LogP contribution in [0.25, 0.3) is 0 Å². The minimum atomic E-state index is -0.653. The summed E-state index contributed by atoms with van der Waals surface area (Å²) >= 11 is 5.32. The van der Waals surface area contributed by atoms with Gasteiger partial charge < -0.3 is 10.2 Å². The molecule has 0 aromatic heterocycles. The molecule has 0 saturated carbocycles. The van der Waals surface area contributed by atoms with Crippen molar-refractivity contribution in [3.63, 3.8) is 0 Å². The van der Waals surface area contributed by atoms with Crippen molar-refractivity contribution in [3.8, 4) is 0 Å². The minimum Gasteiger partial charge on any atom is -0.330 e. The van der Waals surface area contributed by atoms with E-state index in [9.17, 15) is 8.78 Å². The zero-order chi connectivity index (χ0) is 14.1. The average Bonchev–Trinajstić information content (AvgIpc) is 2.86. The van der Waals surface area contributed by atoms with Crippen LogP contribution in [0.1, 0.15) is 5.56 Å². The second kappa shape index (κ2) is 5.17. The molecule has 1 heterocycles. The standard InChI is InChI=1S/C15H12F2N2S/c16-11-5-6-13(12(17)9-11)18-15(20)19-8-7-10-3-1-2-4-14(10)19/h1-6,9H,7-8H2,(H,18,20). The van der Waals surface area contributed by atoms with Crippen molar-refractivity contribution >= 4 is 28.7 Å². The van der Waals surface area contributed by atoms with E-state index in [2.05, 4.69) is 11.4 Å². The summed E-state index contributed by atoms with van der Waals surface area (Å²) in [5.74, 6) is -1.26. The number of benzene rings is 2. The molecule has 0 bridgehead atoms. The normalized spacial score (nSPS) is 13.2. The van der Waals surface area contributed by atoms with Gasteiger partial charge in [0.05, 0.1) is 5.69 Å². The summed E-state index contributed by atoms with van der Waals surface area (Å²) in [7, 11) is 0. The fraction of sp³-hybridized carbons (Fsp3) is 0.133. The Morgan fingerprint density at radius 3 is 2.75 bits per heavy atom. The highest BCUT2D eigenvalue weighted by Crippen LogP contribution is 2.28. The predicted molar refractivity (Wildman–Crippen MR) is 80.1 cm³/mol. The molecule has 2 nitrogen and oxygen atoms in total. The summed E-state index contributed by atoms with van der Waals surface area (Å²) in [4.78, 5) is 1.92. The summed E-state index contributed by atoms with van der Waals surface area (Å²) in [6.45, 7) is 0.758. The zero-order valence-corrected chi connectivity index (χ0v) is 11.4. The van der Waals surface area contributed by atoms with E-state index in [4.69, 9.17) is 12.2 Å². The minimum absolute atomic E-state index is 0.181. The molecule has 0 amide bonds. The first-order valence-electron chi connectivity index (χ1n) is 6.26.